The Labute approximate surface area is 124 Å². The quantitative estimate of drug-likeness (QED) is 0.902. The molecule has 21 heavy (non-hydrogen) atoms. The third-order valence-electron chi connectivity index (χ3n) is 3.81. The minimum atomic E-state index is 0.303. The molecule has 0 spiro atoms. The molecule has 7 nitrogen and oxygen atoms in total. The first-order chi connectivity index (χ1) is 10.1. The number of hydrogen-bond acceptors (Lipinski definition) is 6. The van der Waals surface area contributed by atoms with E-state index in [-0.39, 0.29) is 0 Å². The van der Waals surface area contributed by atoms with Crippen LogP contribution < -0.4 is 4.90 Å². The average molecular weight is 290 g/mol. The van der Waals surface area contributed by atoms with Crippen molar-refractivity contribution in [2.24, 2.45) is 0 Å². The molecule has 0 radical (unpaired) electrons. The predicted molar refractivity (Wildman–Crippen MR) is 81.4 cm³/mol. The van der Waals surface area contributed by atoms with Gasteiger partial charge in [-0.1, -0.05) is 0 Å². The summed E-state index contributed by atoms with van der Waals surface area (Å²) in [6.07, 6.45) is 3.82. The molecular weight excluding hydrogens is 268 g/mol. The number of rotatable bonds is 4. The number of H-pyrrole nitrogens is 1. The van der Waals surface area contributed by atoms with Crippen LogP contribution >= 0.6 is 0 Å². The molecule has 1 N–H and O–H groups in total. The molecule has 1 fully saturated rings. The SMILES string of the molecule is C[C@@H]1CN(CCN(C)c2ncnc3nc[nH]c23)C[C@H](C)O1. The molecule has 1 saturated heterocycles. The van der Waals surface area contributed by atoms with Crippen molar-refractivity contribution in [2.45, 2.75) is 26.1 Å². The van der Waals surface area contributed by atoms with Gasteiger partial charge in [0.15, 0.2) is 11.5 Å². The summed E-state index contributed by atoms with van der Waals surface area (Å²) in [4.78, 5) is 20.4. The molecular formula is C14H22N6O. The number of morpholine rings is 1. The van der Waals surface area contributed by atoms with Crippen molar-refractivity contribution in [1.82, 2.24) is 24.8 Å². The highest BCUT2D eigenvalue weighted by atomic mass is 16.5. The summed E-state index contributed by atoms with van der Waals surface area (Å²) in [6.45, 7) is 8.14. The van der Waals surface area contributed by atoms with Crippen LogP contribution in [-0.4, -0.2) is 70.3 Å². The fourth-order valence-electron chi connectivity index (χ4n) is 2.91. The van der Waals surface area contributed by atoms with E-state index < -0.39 is 0 Å². The van der Waals surface area contributed by atoms with Crippen molar-refractivity contribution in [3.8, 4) is 0 Å². The van der Waals surface area contributed by atoms with Crippen LogP contribution in [0.3, 0.4) is 0 Å². The van der Waals surface area contributed by atoms with Crippen molar-refractivity contribution in [1.29, 1.82) is 0 Å². The first-order valence-corrected chi connectivity index (χ1v) is 7.36. The summed E-state index contributed by atoms with van der Waals surface area (Å²) in [7, 11) is 2.05. The molecule has 2 aromatic heterocycles. The summed E-state index contributed by atoms with van der Waals surface area (Å²) in [5, 5.41) is 0. The third kappa shape index (κ3) is 3.14. The van der Waals surface area contributed by atoms with E-state index in [0.29, 0.717) is 17.9 Å². The van der Waals surface area contributed by atoms with Gasteiger partial charge in [-0.25, -0.2) is 15.0 Å². The molecule has 2 atom stereocenters. The summed E-state index contributed by atoms with van der Waals surface area (Å²) >= 11 is 0. The first kappa shape index (κ1) is 14.2. The minimum Gasteiger partial charge on any atom is -0.373 e. The Morgan fingerprint density at radius 1 is 1.29 bits per heavy atom. The van der Waals surface area contributed by atoms with Crippen LogP contribution in [0.5, 0.6) is 0 Å². The van der Waals surface area contributed by atoms with Crippen molar-refractivity contribution in [3.05, 3.63) is 12.7 Å². The number of aromatic amines is 1. The fourth-order valence-corrected chi connectivity index (χ4v) is 2.91. The van der Waals surface area contributed by atoms with Gasteiger partial charge in [0, 0.05) is 33.2 Å². The molecule has 0 amide bonds. The molecule has 0 aliphatic carbocycles. The molecule has 114 valence electrons. The van der Waals surface area contributed by atoms with E-state index in [4.69, 9.17) is 4.74 Å². The molecule has 7 heteroatoms. The van der Waals surface area contributed by atoms with E-state index in [1.807, 2.05) is 0 Å². The van der Waals surface area contributed by atoms with Crippen LogP contribution in [-0.2, 0) is 4.74 Å². The van der Waals surface area contributed by atoms with Crippen molar-refractivity contribution in [2.75, 3.05) is 38.1 Å². The number of nitrogens with one attached hydrogen (secondary N) is 1. The second-order valence-electron chi connectivity index (χ2n) is 5.74. The maximum atomic E-state index is 5.77. The van der Waals surface area contributed by atoms with E-state index in [1.165, 1.54) is 0 Å². The highest BCUT2D eigenvalue weighted by molar-refractivity contribution is 5.82. The number of fused-ring (bicyclic) bond motifs is 1. The predicted octanol–water partition coefficient (Wildman–Crippen LogP) is 0.898. The lowest BCUT2D eigenvalue weighted by Gasteiger charge is -2.36. The number of hydrogen-bond donors (Lipinski definition) is 1. The molecule has 0 bridgehead atoms. The largest absolute Gasteiger partial charge is 0.373 e. The van der Waals surface area contributed by atoms with Crippen molar-refractivity contribution < 1.29 is 4.74 Å². The highest BCUT2D eigenvalue weighted by Gasteiger charge is 2.22. The number of ether oxygens (including phenoxy) is 1. The Morgan fingerprint density at radius 2 is 2.05 bits per heavy atom. The molecule has 1 aliphatic rings. The van der Waals surface area contributed by atoms with Crippen LogP contribution in [0.25, 0.3) is 11.2 Å². The van der Waals surface area contributed by atoms with Gasteiger partial charge in [-0.2, -0.15) is 0 Å². The molecule has 3 rings (SSSR count). The summed E-state index contributed by atoms with van der Waals surface area (Å²) in [5.74, 6) is 0.895. The van der Waals surface area contributed by atoms with E-state index in [9.17, 15) is 0 Å². The zero-order chi connectivity index (χ0) is 14.8. The van der Waals surface area contributed by atoms with Gasteiger partial charge in [0.1, 0.15) is 11.8 Å². The second-order valence-corrected chi connectivity index (χ2v) is 5.74. The van der Waals surface area contributed by atoms with Gasteiger partial charge in [0.25, 0.3) is 0 Å². The Balaban J connectivity index is 1.64. The zero-order valence-electron chi connectivity index (χ0n) is 12.8. The van der Waals surface area contributed by atoms with Crippen LogP contribution in [0.2, 0.25) is 0 Å². The first-order valence-electron chi connectivity index (χ1n) is 7.36. The van der Waals surface area contributed by atoms with Gasteiger partial charge in [-0.05, 0) is 13.8 Å². The van der Waals surface area contributed by atoms with Crippen LogP contribution in [0.1, 0.15) is 13.8 Å². The van der Waals surface area contributed by atoms with E-state index >= 15 is 0 Å². The summed E-state index contributed by atoms with van der Waals surface area (Å²) in [5.41, 5.74) is 1.60. The number of imidazole rings is 1. The Hall–Kier alpha value is -1.73. The number of aromatic nitrogens is 4. The normalized spacial score (nSPS) is 23.6. The minimum absolute atomic E-state index is 0.303. The standard InChI is InChI=1S/C14H22N6O/c1-10-6-20(7-11(2)21-10)5-4-19(3)14-12-13(16-8-15-12)17-9-18-14/h8-11H,4-7H2,1-3H3,(H,15,16,17,18)/t10-,11+. The lowest BCUT2D eigenvalue weighted by atomic mass is 10.2. The molecule has 0 saturated carbocycles. The monoisotopic (exact) mass is 290 g/mol. The zero-order valence-corrected chi connectivity index (χ0v) is 12.8. The van der Waals surface area contributed by atoms with Crippen LogP contribution in [0.15, 0.2) is 12.7 Å². The Kier molecular flexibility index (Phi) is 4.03. The van der Waals surface area contributed by atoms with Crippen molar-refractivity contribution in [3.63, 3.8) is 0 Å². The maximum absolute atomic E-state index is 5.77. The smallest absolute Gasteiger partial charge is 0.182 e. The molecule has 0 aromatic carbocycles. The lowest BCUT2D eigenvalue weighted by Crippen LogP contribution is -2.47. The summed E-state index contributed by atoms with van der Waals surface area (Å²) in [6, 6.07) is 0. The molecule has 0 unspecified atom stereocenters. The topological polar surface area (TPSA) is 70.2 Å². The van der Waals surface area contributed by atoms with Gasteiger partial charge in [0.2, 0.25) is 0 Å². The van der Waals surface area contributed by atoms with Crippen LogP contribution in [0, 0.1) is 0 Å². The van der Waals surface area contributed by atoms with E-state index in [2.05, 4.69) is 50.6 Å². The van der Waals surface area contributed by atoms with Gasteiger partial charge < -0.3 is 14.6 Å². The van der Waals surface area contributed by atoms with Gasteiger partial charge in [0.05, 0.1) is 18.5 Å². The fraction of sp³-hybridized carbons (Fsp3) is 0.643. The lowest BCUT2D eigenvalue weighted by molar-refractivity contribution is -0.0670. The number of nitrogens with zero attached hydrogens (tertiary/aromatic N) is 5. The van der Waals surface area contributed by atoms with Gasteiger partial charge >= 0.3 is 0 Å². The maximum Gasteiger partial charge on any atom is 0.182 e. The van der Waals surface area contributed by atoms with E-state index in [0.717, 1.165) is 37.5 Å². The number of anilines is 1. The second kappa shape index (κ2) is 5.95. The average Bonchev–Trinajstić information content (AvgIpc) is 2.92. The number of likely N-dealkylation sites (N-methyl/N-ethyl adjacent to an activating group) is 1. The molecule has 1 aliphatic heterocycles. The molecule has 2 aromatic rings. The molecule has 3 heterocycles. The Morgan fingerprint density at radius 3 is 2.81 bits per heavy atom. The van der Waals surface area contributed by atoms with Gasteiger partial charge in [-0.3, -0.25) is 4.90 Å². The third-order valence-corrected chi connectivity index (χ3v) is 3.81. The van der Waals surface area contributed by atoms with Gasteiger partial charge in [-0.15, -0.1) is 0 Å². The highest BCUT2D eigenvalue weighted by Crippen LogP contribution is 2.18. The van der Waals surface area contributed by atoms with Crippen LogP contribution in [0.4, 0.5) is 5.82 Å². The summed E-state index contributed by atoms with van der Waals surface area (Å²) < 4.78 is 5.77. The Bertz CT molecular complexity index is 590. The van der Waals surface area contributed by atoms with E-state index in [1.54, 1.807) is 12.7 Å². The van der Waals surface area contributed by atoms with Crippen molar-refractivity contribution >= 4 is 17.0 Å².